The third-order valence-electron chi connectivity index (χ3n) is 5.64. The molecule has 0 saturated carbocycles. The fourth-order valence-corrected chi connectivity index (χ4v) is 4.43. The van der Waals surface area contributed by atoms with Gasteiger partial charge in [-0.25, -0.2) is 0 Å². The van der Waals surface area contributed by atoms with Gasteiger partial charge in [0.25, 0.3) is 0 Å². The molecule has 1 aromatic heterocycles. The van der Waals surface area contributed by atoms with Gasteiger partial charge in [0.2, 0.25) is 0 Å². The van der Waals surface area contributed by atoms with E-state index in [0.717, 1.165) is 43.6 Å². The second kappa shape index (κ2) is 6.29. The molecule has 3 rings (SSSR count). The maximum Gasteiger partial charge on any atom is 0.0699 e. The summed E-state index contributed by atoms with van der Waals surface area (Å²) < 4.78 is 0. The molecule has 1 aliphatic heterocycles. The first-order chi connectivity index (χ1) is 11.2. The van der Waals surface area contributed by atoms with E-state index in [9.17, 15) is 0 Å². The predicted octanol–water partition coefficient (Wildman–Crippen LogP) is 4.19. The number of allylic oxidation sites excluding steroid dienone is 3. The number of fused-ring (bicyclic) bond motifs is 2. The van der Waals surface area contributed by atoms with Crippen LogP contribution in [0.4, 0.5) is 0 Å². The number of hydrogen-bond acceptors (Lipinski definition) is 2. The van der Waals surface area contributed by atoms with E-state index in [0.29, 0.717) is 5.92 Å². The van der Waals surface area contributed by atoms with Crippen molar-refractivity contribution in [3.8, 4) is 0 Å². The summed E-state index contributed by atoms with van der Waals surface area (Å²) in [6.45, 7) is 16.2. The van der Waals surface area contributed by atoms with E-state index >= 15 is 0 Å². The standard InChI is InChI=1S/C21H26N2/c1-5-15-11-16-12-18-14-22-10-9-21(18,17(6-2)7-3)13-20(16)23-19(15)8-4/h5-8,11,18,22H,1-2,4,9-10,12-14H2,3H3/b17-7+. The van der Waals surface area contributed by atoms with Crippen molar-refractivity contribution < 1.29 is 0 Å². The lowest BCUT2D eigenvalue weighted by Gasteiger charge is -2.49. The van der Waals surface area contributed by atoms with E-state index in [1.54, 1.807) is 0 Å². The number of rotatable bonds is 4. The maximum atomic E-state index is 4.92. The summed E-state index contributed by atoms with van der Waals surface area (Å²) in [6, 6.07) is 2.26. The average molecular weight is 306 g/mol. The summed E-state index contributed by atoms with van der Waals surface area (Å²) in [7, 11) is 0. The molecule has 0 radical (unpaired) electrons. The molecule has 0 spiro atoms. The second-order valence-corrected chi connectivity index (χ2v) is 6.61. The third kappa shape index (κ3) is 2.51. The molecule has 1 N–H and O–H groups in total. The highest BCUT2D eigenvalue weighted by molar-refractivity contribution is 5.62. The largest absolute Gasteiger partial charge is 0.316 e. The SMILES string of the molecule is C=C/C(=C\C)C12CCNCC1Cc1cc(C=C)c(C=C)nc1C2. The van der Waals surface area contributed by atoms with Crippen molar-refractivity contribution in [2.45, 2.75) is 26.2 Å². The average Bonchev–Trinajstić information content (AvgIpc) is 2.59. The molecule has 2 heteroatoms. The van der Waals surface area contributed by atoms with Crippen LogP contribution in [0.3, 0.4) is 0 Å². The summed E-state index contributed by atoms with van der Waals surface area (Å²) in [5.41, 5.74) is 6.19. The number of piperidine rings is 1. The molecular formula is C21H26N2. The molecule has 0 bridgehead atoms. The maximum absolute atomic E-state index is 4.92. The van der Waals surface area contributed by atoms with Crippen LogP contribution in [-0.2, 0) is 12.8 Å². The summed E-state index contributed by atoms with van der Waals surface area (Å²) in [5, 5.41) is 3.58. The summed E-state index contributed by atoms with van der Waals surface area (Å²) >= 11 is 0. The van der Waals surface area contributed by atoms with E-state index in [1.807, 2.05) is 12.2 Å². The number of hydrogen-bond donors (Lipinski definition) is 1. The first-order valence-corrected chi connectivity index (χ1v) is 8.46. The van der Waals surface area contributed by atoms with Crippen LogP contribution >= 0.6 is 0 Å². The van der Waals surface area contributed by atoms with Crippen molar-refractivity contribution in [3.05, 3.63) is 66.0 Å². The van der Waals surface area contributed by atoms with Gasteiger partial charge in [0, 0.05) is 11.1 Å². The lowest BCUT2D eigenvalue weighted by atomic mass is 9.58. The van der Waals surface area contributed by atoms with Crippen LogP contribution in [0.5, 0.6) is 0 Å². The third-order valence-corrected chi connectivity index (χ3v) is 5.64. The van der Waals surface area contributed by atoms with Crippen molar-refractivity contribution in [1.82, 2.24) is 10.3 Å². The van der Waals surface area contributed by atoms with Gasteiger partial charge < -0.3 is 5.32 Å². The van der Waals surface area contributed by atoms with Crippen LogP contribution in [0, 0.1) is 11.3 Å². The molecule has 1 saturated heterocycles. The van der Waals surface area contributed by atoms with Gasteiger partial charge in [0.05, 0.1) is 5.69 Å². The second-order valence-electron chi connectivity index (χ2n) is 6.61. The lowest BCUT2D eigenvalue weighted by molar-refractivity contribution is 0.139. The molecule has 0 aromatic carbocycles. The number of nitrogens with zero attached hydrogens (tertiary/aromatic N) is 1. The predicted molar refractivity (Wildman–Crippen MR) is 99.2 cm³/mol. The highest BCUT2D eigenvalue weighted by Gasteiger charge is 2.46. The van der Waals surface area contributed by atoms with E-state index in [1.165, 1.54) is 16.8 Å². The molecule has 2 nitrogen and oxygen atoms in total. The Balaban J connectivity index is 2.12. The van der Waals surface area contributed by atoms with E-state index in [-0.39, 0.29) is 5.41 Å². The van der Waals surface area contributed by atoms with E-state index in [4.69, 9.17) is 4.98 Å². The van der Waals surface area contributed by atoms with Crippen molar-refractivity contribution >= 4 is 12.2 Å². The molecule has 1 fully saturated rings. The first-order valence-electron chi connectivity index (χ1n) is 8.46. The Morgan fingerprint density at radius 1 is 1.35 bits per heavy atom. The molecule has 0 amide bonds. The van der Waals surface area contributed by atoms with Crippen LogP contribution in [-0.4, -0.2) is 18.1 Å². The Bertz CT molecular complexity index is 683. The zero-order valence-corrected chi connectivity index (χ0v) is 14.1. The zero-order chi connectivity index (χ0) is 16.4. The molecule has 120 valence electrons. The van der Waals surface area contributed by atoms with E-state index < -0.39 is 0 Å². The van der Waals surface area contributed by atoms with Gasteiger partial charge in [0.15, 0.2) is 0 Å². The first kappa shape index (κ1) is 15.9. The number of nitrogens with one attached hydrogen (secondary N) is 1. The van der Waals surface area contributed by atoms with Crippen LogP contribution in [0.15, 0.2) is 43.5 Å². The topological polar surface area (TPSA) is 24.9 Å². The molecule has 2 aliphatic rings. The van der Waals surface area contributed by atoms with Gasteiger partial charge in [-0.15, -0.1) is 0 Å². The van der Waals surface area contributed by atoms with Crippen LogP contribution in [0.2, 0.25) is 0 Å². The van der Waals surface area contributed by atoms with Crippen LogP contribution in [0.25, 0.3) is 12.2 Å². The highest BCUT2D eigenvalue weighted by Crippen LogP contribution is 2.49. The lowest BCUT2D eigenvalue weighted by Crippen LogP contribution is -2.50. The fourth-order valence-electron chi connectivity index (χ4n) is 4.43. The molecule has 1 aromatic rings. The molecule has 23 heavy (non-hydrogen) atoms. The van der Waals surface area contributed by atoms with Gasteiger partial charge in [-0.05, 0) is 74.0 Å². The summed E-state index contributed by atoms with van der Waals surface area (Å²) in [6.07, 6.45) is 11.2. The Kier molecular flexibility index (Phi) is 4.36. The van der Waals surface area contributed by atoms with Gasteiger partial charge in [-0.3, -0.25) is 4.98 Å². The van der Waals surface area contributed by atoms with Crippen LogP contribution in [0.1, 0.15) is 35.9 Å². The molecular weight excluding hydrogens is 280 g/mol. The Morgan fingerprint density at radius 3 is 2.83 bits per heavy atom. The smallest absolute Gasteiger partial charge is 0.0699 e. The highest BCUT2D eigenvalue weighted by atomic mass is 14.9. The Hall–Kier alpha value is -1.93. The van der Waals surface area contributed by atoms with Gasteiger partial charge >= 0.3 is 0 Å². The minimum Gasteiger partial charge on any atom is -0.316 e. The Morgan fingerprint density at radius 2 is 2.17 bits per heavy atom. The quantitative estimate of drug-likeness (QED) is 0.844. The fraction of sp³-hybridized carbons (Fsp3) is 0.381. The molecule has 2 unspecified atom stereocenters. The molecule has 1 aliphatic carbocycles. The van der Waals surface area contributed by atoms with Gasteiger partial charge in [0.1, 0.15) is 0 Å². The van der Waals surface area contributed by atoms with Crippen LogP contribution < -0.4 is 5.32 Å². The Labute approximate surface area is 139 Å². The summed E-state index contributed by atoms with van der Waals surface area (Å²) in [4.78, 5) is 4.92. The minimum atomic E-state index is 0.176. The molecule has 2 atom stereocenters. The van der Waals surface area contributed by atoms with E-state index in [2.05, 4.69) is 50.2 Å². The van der Waals surface area contributed by atoms with Crippen molar-refractivity contribution in [1.29, 1.82) is 0 Å². The summed E-state index contributed by atoms with van der Waals surface area (Å²) in [5.74, 6) is 0.599. The van der Waals surface area contributed by atoms with Crippen molar-refractivity contribution in [2.75, 3.05) is 13.1 Å². The molecule has 2 heterocycles. The normalized spacial score (nSPS) is 26.8. The van der Waals surface area contributed by atoms with Gasteiger partial charge in [-0.2, -0.15) is 0 Å². The van der Waals surface area contributed by atoms with Gasteiger partial charge in [-0.1, -0.05) is 38.0 Å². The zero-order valence-electron chi connectivity index (χ0n) is 14.1. The minimum absolute atomic E-state index is 0.176. The monoisotopic (exact) mass is 306 g/mol. The van der Waals surface area contributed by atoms with Crippen molar-refractivity contribution in [3.63, 3.8) is 0 Å². The number of pyridine rings is 1. The van der Waals surface area contributed by atoms with Crippen molar-refractivity contribution in [2.24, 2.45) is 11.3 Å². The number of aromatic nitrogens is 1.